The predicted octanol–water partition coefficient (Wildman–Crippen LogP) is 6.17. The first-order valence-electron chi connectivity index (χ1n) is 12.9. The van der Waals surface area contributed by atoms with Crippen molar-refractivity contribution >= 4 is 11.9 Å². The first-order chi connectivity index (χ1) is 14.7. The van der Waals surface area contributed by atoms with Gasteiger partial charge in [-0.05, 0) is 111 Å². The van der Waals surface area contributed by atoms with Crippen molar-refractivity contribution in [3.05, 3.63) is 0 Å². The van der Waals surface area contributed by atoms with E-state index in [0.717, 1.165) is 42.9 Å². The molecule has 4 aliphatic rings. The zero-order chi connectivity index (χ0) is 22.4. The third kappa shape index (κ3) is 4.06. The third-order valence-electron chi connectivity index (χ3n) is 10.7. The largest absolute Gasteiger partial charge is 0.469 e. The second-order valence-electron chi connectivity index (χ2n) is 12.0. The Morgan fingerprint density at radius 2 is 1.68 bits per heavy atom. The lowest BCUT2D eigenvalue weighted by molar-refractivity contribution is -0.160. The number of hydrogen-bond donors (Lipinski definition) is 0. The molecule has 1 unspecified atom stereocenters. The SMILES string of the molecule is COC(=O)CCC(C)[C@H]1CC[C@H]2[C@@H]3CC[C@@H]4C[C@H](OC(C)=O)CC[C@]4(C)[C@H]3CC[C@]12C. The molecule has 4 heteroatoms. The molecular formula is C27H44O4. The first kappa shape index (κ1) is 23.1. The lowest BCUT2D eigenvalue weighted by Gasteiger charge is -2.61. The molecule has 0 heterocycles. The van der Waals surface area contributed by atoms with Crippen molar-refractivity contribution < 1.29 is 19.1 Å². The van der Waals surface area contributed by atoms with Crippen molar-refractivity contribution in [1.82, 2.24) is 0 Å². The molecule has 4 rings (SSSR count). The van der Waals surface area contributed by atoms with Gasteiger partial charge in [-0.1, -0.05) is 20.8 Å². The molecule has 0 saturated heterocycles. The van der Waals surface area contributed by atoms with Gasteiger partial charge in [-0.15, -0.1) is 0 Å². The third-order valence-corrected chi connectivity index (χ3v) is 10.7. The van der Waals surface area contributed by atoms with Crippen LogP contribution in [0.3, 0.4) is 0 Å². The highest BCUT2D eigenvalue weighted by atomic mass is 16.5. The molecule has 0 aromatic rings. The predicted molar refractivity (Wildman–Crippen MR) is 121 cm³/mol. The van der Waals surface area contributed by atoms with Crippen LogP contribution in [0.4, 0.5) is 0 Å². The Morgan fingerprint density at radius 3 is 2.39 bits per heavy atom. The van der Waals surface area contributed by atoms with Gasteiger partial charge in [0.25, 0.3) is 0 Å². The summed E-state index contributed by atoms with van der Waals surface area (Å²) in [5, 5.41) is 0. The fourth-order valence-corrected chi connectivity index (χ4v) is 9.18. The highest BCUT2D eigenvalue weighted by molar-refractivity contribution is 5.69. The molecule has 4 nitrogen and oxygen atoms in total. The van der Waals surface area contributed by atoms with Crippen LogP contribution in [0.2, 0.25) is 0 Å². The Labute approximate surface area is 189 Å². The molecule has 0 aromatic heterocycles. The molecule has 4 aliphatic carbocycles. The number of fused-ring (bicyclic) bond motifs is 5. The van der Waals surface area contributed by atoms with Gasteiger partial charge in [0.05, 0.1) is 7.11 Å². The van der Waals surface area contributed by atoms with Crippen LogP contribution in [0.5, 0.6) is 0 Å². The molecule has 4 saturated carbocycles. The summed E-state index contributed by atoms with van der Waals surface area (Å²) in [6, 6.07) is 0. The van der Waals surface area contributed by atoms with Gasteiger partial charge in [-0.3, -0.25) is 9.59 Å². The van der Waals surface area contributed by atoms with E-state index in [-0.39, 0.29) is 18.0 Å². The van der Waals surface area contributed by atoms with E-state index in [9.17, 15) is 9.59 Å². The van der Waals surface area contributed by atoms with Gasteiger partial charge in [-0.2, -0.15) is 0 Å². The molecule has 4 fully saturated rings. The summed E-state index contributed by atoms with van der Waals surface area (Å²) < 4.78 is 10.5. The fraction of sp³-hybridized carbons (Fsp3) is 0.926. The lowest BCUT2D eigenvalue weighted by atomic mass is 9.44. The second kappa shape index (κ2) is 8.71. The van der Waals surface area contributed by atoms with Crippen molar-refractivity contribution in [1.29, 1.82) is 0 Å². The van der Waals surface area contributed by atoms with Gasteiger partial charge >= 0.3 is 11.9 Å². The van der Waals surface area contributed by atoms with Gasteiger partial charge in [0.2, 0.25) is 0 Å². The summed E-state index contributed by atoms with van der Waals surface area (Å²) in [4.78, 5) is 23.2. The average Bonchev–Trinajstić information content (AvgIpc) is 3.09. The maximum atomic E-state index is 11.7. The molecule has 31 heavy (non-hydrogen) atoms. The minimum Gasteiger partial charge on any atom is -0.469 e. The quantitative estimate of drug-likeness (QED) is 0.488. The summed E-state index contributed by atoms with van der Waals surface area (Å²) in [7, 11) is 1.50. The van der Waals surface area contributed by atoms with Crippen LogP contribution in [-0.2, 0) is 19.1 Å². The van der Waals surface area contributed by atoms with Gasteiger partial charge in [0.1, 0.15) is 6.10 Å². The van der Waals surface area contributed by atoms with E-state index in [1.807, 2.05) is 0 Å². The number of esters is 2. The number of hydrogen-bond acceptors (Lipinski definition) is 4. The molecule has 0 spiro atoms. The molecule has 0 amide bonds. The maximum absolute atomic E-state index is 11.7. The topological polar surface area (TPSA) is 52.6 Å². The number of carbonyl (C=O) groups is 2. The van der Waals surface area contributed by atoms with Crippen LogP contribution in [0.1, 0.15) is 98.3 Å². The summed E-state index contributed by atoms with van der Waals surface area (Å²) in [5.41, 5.74) is 0.865. The van der Waals surface area contributed by atoms with E-state index in [2.05, 4.69) is 20.8 Å². The summed E-state index contributed by atoms with van der Waals surface area (Å²) in [6.45, 7) is 9.09. The minimum absolute atomic E-state index is 0.0640. The Morgan fingerprint density at radius 1 is 0.968 bits per heavy atom. The first-order valence-corrected chi connectivity index (χ1v) is 12.9. The Kier molecular flexibility index (Phi) is 6.49. The monoisotopic (exact) mass is 432 g/mol. The highest BCUT2D eigenvalue weighted by Gasteiger charge is 2.60. The van der Waals surface area contributed by atoms with E-state index in [4.69, 9.17) is 9.47 Å². The number of ether oxygens (including phenoxy) is 2. The van der Waals surface area contributed by atoms with Crippen LogP contribution >= 0.6 is 0 Å². The zero-order valence-corrected chi connectivity index (χ0v) is 20.5. The summed E-state index contributed by atoms with van der Waals surface area (Å²) in [6.07, 6.45) is 13.1. The van der Waals surface area contributed by atoms with Crippen LogP contribution < -0.4 is 0 Å². The van der Waals surface area contributed by atoms with Gasteiger partial charge in [0.15, 0.2) is 0 Å². The van der Waals surface area contributed by atoms with Crippen molar-refractivity contribution in [2.75, 3.05) is 7.11 Å². The van der Waals surface area contributed by atoms with Gasteiger partial charge < -0.3 is 9.47 Å². The van der Waals surface area contributed by atoms with Crippen LogP contribution in [0.25, 0.3) is 0 Å². The molecule has 0 N–H and O–H groups in total. The van der Waals surface area contributed by atoms with E-state index >= 15 is 0 Å². The Balaban J connectivity index is 1.45. The second-order valence-corrected chi connectivity index (χ2v) is 12.0. The summed E-state index contributed by atoms with van der Waals surface area (Å²) >= 11 is 0. The average molecular weight is 433 g/mol. The molecular weight excluding hydrogens is 388 g/mol. The maximum Gasteiger partial charge on any atom is 0.305 e. The van der Waals surface area contributed by atoms with E-state index in [1.54, 1.807) is 6.92 Å². The molecule has 0 bridgehead atoms. The number of carbonyl (C=O) groups excluding carboxylic acids is 2. The molecule has 176 valence electrons. The van der Waals surface area contributed by atoms with Crippen molar-refractivity contribution in [2.45, 2.75) is 104 Å². The lowest BCUT2D eigenvalue weighted by Crippen LogP contribution is -2.54. The normalized spacial score (nSPS) is 45.1. The zero-order valence-electron chi connectivity index (χ0n) is 20.5. The van der Waals surface area contributed by atoms with E-state index in [0.29, 0.717) is 29.1 Å². The van der Waals surface area contributed by atoms with Crippen LogP contribution in [-0.4, -0.2) is 25.2 Å². The van der Waals surface area contributed by atoms with Gasteiger partial charge in [0, 0.05) is 13.3 Å². The van der Waals surface area contributed by atoms with Crippen molar-refractivity contribution in [3.8, 4) is 0 Å². The number of methoxy groups -OCH3 is 1. The Hall–Kier alpha value is -1.06. The molecule has 0 radical (unpaired) electrons. The molecule has 0 aromatic carbocycles. The molecule has 9 atom stereocenters. The minimum atomic E-state index is -0.117. The van der Waals surface area contributed by atoms with Crippen molar-refractivity contribution in [2.24, 2.45) is 46.3 Å². The Bertz CT molecular complexity index is 689. The number of rotatable bonds is 5. The van der Waals surface area contributed by atoms with Crippen LogP contribution in [0.15, 0.2) is 0 Å². The van der Waals surface area contributed by atoms with E-state index in [1.165, 1.54) is 52.1 Å². The van der Waals surface area contributed by atoms with E-state index < -0.39 is 0 Å². The van der Waals surface area contributed by atoms with Crippen molar-refractivity contribution in [3.63, 3.8) is 0 Å². The van der Waals surface area contributed by atoms with Gasteiger partial charge in [-0.25, -0.2) is 0 Å². The smallest absolute Gasteiger partial charge is 0.305 e. The summed E-state index contributed by atoms with van der Waals surface area (Å²) in [5.74, 6) is 4.42. The van der Waals surface area contributed by atoms with Crippen LogP contribution in [0, 0.1) is 46.3 Å². The molecule has 0 aliphatic heterocycles. The highest BCUT2D eigenvalue weighted by Crippen LogP contribution is 2.68. The fourth-order valence-electron chi connectivity index (χ4n) is 9.18. The standard InChI is InChI=1S/C27H44O4/c1-17(6-11-25(29)30-5)22-9-10-23-21-8-7-19-16-20(31-18(2)28)12-14-26(19,3)24(21)13-15-27(22,23)4/h17,19-24H,6-16H2,1-5H3/t17?,19-,20-,21+,22-,23+,24+,26+,27-/m1/s1.